The number of esters is 1. The van der Waals surface area contributed by atoms with Gasteiger partial charge in [-0.15, -0.1) is 0 Å². The van der Waals surface area contributed by atoms with Gasteiger partial charge >= 0.3 is 5.97 Å². The fourth-order valence-corrected chi connectivity index (χ4v) is 2.76. The molecule has 10 nitrogen and oxygen atoms in total. The van der Waals surface area contributed by atoms with Gasteiger partial charge in [0, 0.05) is 17.3 Å². The van der Waals surface area contributed by atoms with Crippen molar-refractivity contribution in [1.29, 1.82) is 0 Å². The number of carbonyl (C=O) groups is 2. The minimum Gasteiger partial charge on any atom is -0.449 e. The van der Waals surface area contributed by atoms with Gasteiger partial charge < -0.3 is 10.1 Å². The number of amides is 1. The summed E-state index contributed by atoms with van der Waals surface area (Å²) in [5.41, 5.74) is 0.503. The quantitative estimate of drug-likeness (QED) is 0.419. The highest BCUT2D eigenvalue weighted by molar-refractivity contribution is 7.89. The summed E-state index contributed by atoms with van der Waals surface area (Å²) in [6.07, 6.45) is -1.17. The van der Waals surface area contributed by atoms with E-state index in [4.69, 9.17) is 9.88 Å². The minimum atomic E-state index is -3.85. The summed E-state index contributed by atoms with van der Waals surface area (Å²) in [5, 5.41) is 18.3. The van der Waals surface area contributed by atoms with Gasteiger partial charge in [-0.3, -0.25) is 14.9 Å². The molecule has 0 heterocycles. The lowest BCUT2D eigenvalue weighted by Gasteiger charge is -2.14. The molecule has 0 saturated heterocycles. The van der Waals surface area contributed by atoms with Gasteiger partial charge in [-0.05, 0) is 50.2 Å². The first-order valence-corrected chi connectivity index (χ1v) is 9.43. The highest BCUT2D eigenvalue weighted by Gasteiger charge is 2.21. The molecular formula is C17H17N3O7S. The van der Waals surface area contributed by atoms with Gasteiger partial charge in [0.15, 0.2) is 6.10 Å². The van der Waals surface area contributed by atoms with E-state index in [0.29, 0.717) is 0 Å². The molecular weight excluding hydrogens is 390 g/mol. The molecule has 148 valence electrons. The smallest absolute Gasteiger partial charge is 0.338 e. The number of aryl methyl sites for hydroxylation is 1. The number of primary sulfonamides is 1. The third kappa shape index (κ3) is 5.11. The normalized spacial score (nSPS) is 12.1. The molecule has 0 aliphatic carbocycles. The van der Waals surface area contributed by atoms with Crippen molar-refractivity contribution in [3.63, 3.8) is 0 Å². The number of nitro groups is 1. The van der Waals surface area contributed by atoms with Crippen LogP contribution in [0.25, 0.3) is 0 Å². The monoisotopic (exact) mass is 407 g/mol. The highest BCUT2D eigenvalue weighted by atomic mass is 32.2. The Kier molecular flexibility index (Phi) is 6.11. The van der Waals surface area contributed by atoms with Gasteiger partial charge in [0.05, 0.1) is 15.4 Å². The number of hydrogen-bond acceptors (Lipinski definition) is 7. The van der Waals surface area contributed by atoms with Crippen LogP contribution in [0.3, 0.4) is 0 Å². The van der Waals surface area contributed by atoms with Gasteiger partial charge in [0.2, 0.25) is 10.0 Å². The van der Waals surface area contributed by atoms with Crippen molar-refractivity contribution >= 4 is 33.3 Å². The second-order valence-electron chi connectivity index (χ2n) is 5.86. The fourth-order valence-electron chi connectivity index (χ4n) is 2.24. The van der Waals surface area contributed by atoms with E-state index < -0.39 is 32.9 Å². The zero-order chi connectivity index (χ0) is 21.1. The molecule has 2 aromatic carbocycles. The number of ether oxygens (including phenoxy) is 1. The molecule has 2 rings (SSSR count). The number of rotatable bonds is 6. The van der Waals surface area contributed by atoms with Gasteiger partial charge in [-0.25, -0.2) is 18.4 Å². The second-order valence-corrected chi connectivity index (χ2v) is 7.43. The standard InChI is InChI=1S/C17H17N3O7S/c1-10-9-12(3-8-15(10)20(23)24)17(22)27-11(2)16(21)19-13-4-6-14(7-5-13)28(18,25)26/h3-9,11H,1-2H3,(H,19,21)(H2,18,25,26)/t11-/m1/s1. The Morgan fingerprint density at radius 2 is 1.79 bits per heavy atom. The number of nitrogens with zero attached hydrogens (tertiary/aromatic N) is 1. The molecule has 1 amide bonds. The molecule has 0 aromatic heterocycles. The lowest BCUT2D eigenvalue weighted by molar-refractivity contribution is -0.385. The molecule has 1 atom stereocenters. The van der Waals surface area contributed by atoms with Crippen molar-refractivity contribution < 1.29 is 27.7 Å². The van der Waals surface area contributed by atoms with Crippen molar-refractivity contribution in [2.24, 2.45) is 5.14 Å². The van der Waals surface area contributed by atoms with Crippen LogP contribution in [0.5, 0.6) is 0 Å². The van der Waals surface area contributed by atoms with Gasteiger partial charge in [0.25, 0.3) is 11.6 Å². The fraction of sp³-hybridized carbons (Fsp3) is 0.176. The summed E-state index contributed by atoms with van der Waals surface area (Å²) in [7, 11) is -3.85. The van der Waals surface area contributed by atoms with Crippen LogP contribution < -0.4 is 10.5 Å². The summed E-state index contributed by atoms with van der Waals surface area (Å²) in [5.74, 6) is -1.46. The van der Waals surface area contributed by atoms with Crippen LogP contribution in [0.4, 0.5) is 11.4 Å². The van der Waals surface area contributed by atoms with E-state index in [1.54, 1.807) is 0 Å². The number of benzene rings is 2. The van der Waals surface area contributed by atoms with Crippen LogP contribution >= 0.6 is 0 Å². The molecule has 0 fully saturated rings. The number of hydrogen-bond donors (Lipinski definition) is 2. The number of sulfonamides is 1. The third-order valence-electron chi connectivity index (χ3n) is 3.73. The van der Waals surface area contributed by atoms with Crippen LogP contribution in [-0.2, 0) is 19.6 Å². The number of nitro benzene ring substituents is 1. The van der Waals surface area contributed by atoms with Gasteiger partial charge in [0.1, 0.15) is 0 Å². The van der Waals surface area contributed by atoms with E-state index in [1.807, 2.05) is 0 Å². The molecule has 0 saturated carbocycles. The van der Waals surface area contributed by atoms with Crippen LogP contribution in [-0.4, -0.2) is 31.3 Å². The summed E-state index contributed by atoms with van der Waals surface area (Å²) in [6.45, 7) is 2.83. The topological polar surface area (TPSA) is 159 Å². The Morgan fingerprint density at radius 1 is 1.18 bits per heavy atom. The van der Waals surface area contributed by atoms with E-state index in [1.165, 1.54) is 56.3 Å². The Labute approximate surface area is 160 Å². The van der Waals surface area contributed by atoms with Crippen molar-refractivity contribution in [3.05, 3.63) is 63.7 Å². The summed E-state index contributed by atoms with van der Waals surface area (Å²) < 4.78 is 27.5. The molecule has 3 N–H and O–H groups in total. The molecule has 11 heteroatoms. The summed E-state index contributed by atoms with van der Waals surface area (Å²) in [6, 6.07) is 8.85. The third-order valence-corrected chi connectivity index (χ3v) is 4.66. The second kappa shape index (κ2) is 8.15. The maximum Gasteiger partial charge on any atom is 0.338 e. The largest absolute Gasteiger partial charge is 0.449 e. The predicted octanol–water partition coefficient (Wildman–Crippen LogP) is 1.73. The zero-order valence-electron chi connectivity index (χ0n) is 14.9. The SMILES string of the molecule is Cc1cc(C(=O)O[C@H](C)C(=O)Nc2ccc(S(N)(=O)=O)cc2)ccc1[N+](=O)[O-]. The summed E-state index contributed by atoms with van der Waals surface area (Å²) >= 11 is 0. The molecule has 0 spiro atoms. The van der Waals surface area contributed by atoms with Crippen molar-refractivity contribution in [2.45, 2.75) is 24.8 Å². The molecule has 28 heavy (non-hydrogen) atoms. The molecule has 0 aliphatic rings. The van der Waals surface area contributed by atoms with E-state index in [0.717, 1.165) is 0 Å². The van der Waals surface area contributed by atoms with Crippen LogP contribution in [0.15, 0.2) is 47.4 Å². The average molecular weight is 407 g/mol. The van der Waals surface area contributed by atoms with Crippen LogP contribution in [0, 0.1) is 17.0 Å². The minimum absolute atomic E-state index is 0.0697. The molecule has 0 radical (unpaired) electrons. The molecule has 2 aromatic rings. The van der Waals surface area contributed by atoms with Gasteiger partial charge in [-0.2, -0.15) is 0 Å². The lowest BCUT2D eigenvalue weighted by atomic mass is 10.1. The van der Waals surface area contributed by atoms with Gasteiger partial charge in [-0.1, -0.05) is 0 Å². The first kappa shape index (κ1) is 21.0. The Balaban J connectivity index is 2.02. The maximum atomic E-state index is 12.2. The maximum absolute atomic E-state index is 12.2. The Bertz CT molecular complexity index is 1030. The molecule has 0 unspecified atom stereocenters. The number of nitrogens with two attached hydrogens (primary N) is 1. The first-order valence-electron chi connectivity index (χ1n) is 7.89. The van der Waals surface area contributed by atoms with E-state index in [9.17, 15) is 28.1 Å². The molecule has 0 bridgehead atoms. The van der Waals surface area contributed by atoms with Crippen molar-refractivity contribution in [2.75, 3.05) is 5.32 Å². The predicted molar refractivity (Wildman–Crippen MR) is 99.2 cm³/mol. The zero-order valence-corrected chi connectivity index (χ0v) is 15.7. The van der Waals surface area contributed by atoms with Crippen LogP contribution in [0.1, 0.15) is 22.8 Å². The van der Waals surface area contributed by atoms with E-state index in [-0.39, 0.29) is 27.4 Å². The molecule has 0 aliphatic heterocycles. The first-order chi connectivity index (χ1) is 13.0. The van der Waals surface area contributed by atoms with Crippen LogP contribution in [0.2, 0.25) is 0 Å². The summed E-state index contributed by atoms with van der Waals surface area (Å²) in [4.78, 5) is 34.4. The lowest BCUT2D eigenvalue weighted by Crippen LogP contribution is -2.30. The number of nitrogens with one attached hydrogen (secondary N) is 1. The van der Waals surface area contributed by atoms with E-state index >= 15 is 0 Å². The Hall–Kier alpha value is -3.31. The van der Waals surface area contributed by atoms with E-state index in [2.05, 4.69) is 5.32 Å². The van der Waals surface area contributed by atoms with Crippen molar-refractivity contribution in [1.82, 2.24) is 0 Å². The number of anilines is 1. The van der Waals surface area contributed by atoms with Crippen molar-refractivity contribution in [3.8, 4) is 0 Å². The Morgan fingerprint density at radius 3 is 2.29 bits per heavy atom. The highest BCUT2D eigenvalue weighted by Crippen LogP contribution is 2.20. The number of carbonyl (C=O) groups excluding carboxylic acids is 2. The average Bonchev–Trinajstić information content (AvgIpc) is 2.60.